The molecule has 0 aliphatic rings. The first-order valence-electron chi connectivity index (χ1n) is 7.18. The fraction of sp³-hybridized carbons (Fsp3) is 0.111. The van der Waals surface area contributed by atoms with Crippen molar-refractivity contribution in [2.45, 2.75) is 13.5 Å². The van der Waals surface area contributed by atoms with Crippen molar-refractivity contribution in [2.24, 2.45) is 5.73 Å². The topological polar surface area (TPSA) is 85.2 Å². The second kappa shape index (κ2) is 5.96. The van der Waals surface area contributed by atoms with Gasteiger partial charge in [0.1, 0.15) is 12.4 Å². The van der Waals surface area contributed by atoms with E-state index in [1.165, 1.54) is 0 Å². The minimum atomic E-state index is -0.461. The number of pyridine rings is 1. The summed E-state index contributed by atoms with van der Waals surface area (Å²) in [4.78, 5) is 25.4. The molecule has 3 rings (SSSR count). The van der Waals surface area contributed by atoms with Gasteiger partial charge in [0.2, 0.25) is 11.5 Å². The van der Waals surface area contributed by atoms with Gasteiger partial charge >= 0.3 is 0 Å². The zero-order chi connectivity index (χ0) is 16.4. The summed E-state index contributed by atoms with van der Waals surface area (Å²) in [6.07, 6.45) is 0. The molecule has 1 heterocycles. The Bertz CT molecular complexity index is 944. The van der Waals surface area contributed by atoms with Gasteiger partial charge in [-0.15, -0.1) is 0 Å². The van der Waals surface area contributed by atoms with Gasteiger partial charge in [-0.1, -0.05) is 12.1 Å². The number of carbonyl (C=O) groups is 1. The predicted octanol–water partition coefficient (Wildman–Crippen LogP) is 2.51. The maximum absolute atomic E-state index is 11.5. The SMILES string of the molecule is Cc1cc(=O)[nH]c2ccc(OCc3cccc(C(N)=O)c3)cc12. The maximum atomic E-state index is 11.5. The van der Waals surface area contributed by atoms with Crippen molar-refractivity contribution in [1.29, 1.82) is 0 Å². The smallest absolute Gasteiger partial charge is 0.248 e. The lowest BCUT2D eigenvalue weighted by molar-refractivity contribution is 0.1000. The summed E-state index contributed by atoms with van der Waals surface area (Å²) >= 11 is 0. The van der Waals surface area contributed by atoms with E-state index in [0.717, 1.165) is 22.0 Å². The Morgan fingerprint density at radius 1 is 1.17 bits per heavy atom. The molecule has 1 amide bonds. The molecule has 116 valence electrons. The standard InChI is InChI=1S/C18H16N2O3/c1-11-7-17(21)20-16-6-5-14(9-15(11)16)23-10-12-3-2-4-13(8-12)18(19)22/h2-9H,10H2,1H3,(H2,19,22)(H,20,21). The zero-order valence-electron chi connectivity index (χ0n) is 12.6. The Morgan fingerprint density at radius 2 is 2.00 bits per heavy atom. The first-order chi connectivity index (χ1) is 11.0. The number of benzene rings is 2. The number of carbonyl (C=O) groups excluding carboxylic acids is 1. The predicted molar refractivity (Wildman–Crippen MR) is 88.6 cm³/mol. The monoisotopic (exact) mass is 308 g/mol. The van der Waals surface area contributed by atoms with E-state index in [1.807, 2.05) is 25.1 Å². The van der Waals surface area contributed by atoms with Crippen LogP contribution in [0.5, 0.6) is 5.75 Å². The minimum Gasteiger partial charge on any atom is -0.489 e. The number of hydrogen-bond donors (Lipinski definition) is 2. The number of hydrogen-bond acceptors (Lipinski definition) is 3. The van der Waals surface area contributed by atoms with Crippen molar-refractivity contribution >= 4 is 16.8 Å². The zero-order valence-corrected chi connectivity index (χ0v) is 12.6. The number of ether oxygens (including phenoxy) is 1. The highest BCUT2D eigenvalue weighted by Gasteiger charge is 2.04. The summed E-state index contributed by atoms with van der Waals surface area (Å²) < 4.78 is 5.78. The fourth-order valence-corrected chi connectivity index (χ4v) is 2.47. The normalized spacial score (nSPS) is 10.7. The van der Waals surface area contributed by atoms with E-state index in [1.54, 1.807) is 30.3 Å². The molecule has 0 saturated heterocycles. The Morgan fingerprint density at radius 3 is 2.78 bits per heavy atom. The van der Waals surface area contributed by atoms with Gasteiger partial charge in [-0.05, 0) is 48.4 Å². The number of aromatic nitrogens is 1. The molecule has 2 aromatic carbocycles. The molecule has 3 N–H and O–H groups in total. The van der Waals surface area contributed by atoms with Crippen LogP contribution >= 0.6 is 0 Å². The number of nitrogens with one attached hydrogen (secondary N) is 1. The van der Waals surface area contributed by atoms with Gasteiger partial charge in [0.15, 0.2) is 0 Å². The van der Waals surface area contributed by atoms with Crippen LogP contribution in [0.15, 0.2) is 53.3 Å². The highest BCUT2D eigenvalue weighted by Crippen LogP contribution is 2.22. The quantitative estimate of drug-likeness (QED) is 0.776. The molecule has 0 fully saturated rings. The largest absolute Gasteiger partial charge is 0.489 e. The number of primary amides is 1. The first-order valence-corrected chi connectivity index (χ1v) is 7.18. The molecular weight excluding hydrogens is 292 g/mol. The number of amides is 1. The van der Waals surface area contributed by atoms with Crippen LogP contribution in [-0.2, 0) is 6.61 Å². The summed E-state index contributed by atoms with van der Waals surface area (Å²) in [6.45, 7) is 2.21. The Kier molecular flexibility index (Phi) is 3.85. The van der Waals surface area contributed by atoms with Crippen LogP contribution < -0.4 is 16.0 Å². The number of fused-ring (bicyclic) bond motifs is 1. The van der Waals surface area contributed by atoms with Crippen LogP contribution in [0.25, 0.3) is 10.9 Å². The molecule has 23 heavy (non-hydrogen) atoms. The summed E-state index contributed by atoms with van der Waals surface area (Å²) in [5.41, 5.74) is 8.14. The van der Waals surface area contributed by atoms with Gasteiger partial charge in [-0.3, -0.25) is 9.59 Å². The third-order valence-corrected chi connectivity index (χ3v) is 3.64. The van der Waals surface area contributed by atoms with Crippen molar-refractivity contribution < 1.29 is 9.53 Å². The van der Waals surface area contributed by atoms with Crippen LogP contribution in [-0.4, -0.2) is 10.9 Å². The van der Waals surface area contributed by atoms with Crippen molar-refractivity contribution in [2.75, 3.05) is 0 Å². The van der Waals surface area contributed by atoms with Crippen molar-refractivity contribution in [3.8, 4) is 5.75 Å². The first kappa shape index (κ1) is 14.8. The van der Waals surface area contributed by atoms with Gasteiger partial charge in [0.05, 0.1) is 0 Å². The van der Waals surface area contributed by atoms with E-state index in [-0.39, 0.29) is 5.56 Å². The van der Waals surface area contributed by atoms with E-state index in [2.05, 4.69) is 4.98 Å². The Hall–Kier alpha value is -3.08. The number of aryl methyl sites for hydroxylation is 1. The van der Waals surface area contributed by atoms with E-state index < -0.39 is 5.91 Å². The molecule has 0 aliphatic heterocycles. The second-order valence-corrected chi connectivity index (χ2v) is 5.38. The van der Waals surface area contributed by atoms with Gasteiger partial charge in [0, 0.05) is 22.5 Å². The molecular formula is C18H16N2O3. The van der Waals surface area contributed by atoms with E-state index in [0.29, 0.717) is 17.9 Å². The average Bonchev–Trinajstić information content (AvgIpc) is 2.53. The van der Waals surface area contributed by atoms with E-state index >= 15 is 0 Å². The summed E-state index contributed by atoms with van der Waals surface area (Å²) in [5.74, 6) is 0.231. The third-order valence-electron chi connectivity index (χ3n) is 3.64. The molecule has 3 aromatic rings. The van der Waals surface area contributed by atoms with Crippen LogP contribution in [0.3, 0.4) is 0 Å². The summed E-state index contributed by atoms with van der Waals surface area (Å²) in [5, 5.41) is 0.938. The van der Waals surface area contributed by atoms with Gasteiger partial charge < -0.3 is 15.5 Å². The molecule has 0 radical (unpaired) electrons. The molecule has 0 saturated carbocycles. The van der Waals surface area contributed by atoms with Crippen LogP contribution in [0.2, 0.25) is 0 Å². The van der Waals surface area contributed by atoms with E-state index in [4.69, 9.17) is 10.5 Å². The molecule has 5 nitrogen and oxygen atoms in total. The van der Waals surface area contributed by atoms with Crippen molar-refractivity contribution in [1.82, 2.24) is 4.98 Å². The lowest BCUT2D eigenvalue weighted by Gasteiger charge is -2.09. The second-order valence-electron chi connectivity index (χ2n) is 5.38. The molecule has 0 unspecified atom stereocenters. The highest BCUT2D eigenvalue weighted by molar-refractivity contribution is 5.92. The van der Waals surface area contributed by atoms with Crippen molar-refractivity contribution in [3.63, 3.8) is 0 Å². The fourth-order valence-electron chi connectivity index (χ4n) is 2.47. The number of H-pyrrole nitrogens is 1. The number of nitrogens with two attached hydrogens (primary N) is 1. The number of aromatic amines is 1. The van der Waals surface area contributed by atoms with Crippen LogP contribution in [0, 0.1) is 6.92 Å². The van der Waals surface area contributed by atoms with Gasteiger partial charge in [0.25, 0.3) is 0 Å². The Labute approximate surface area is 132 Å². The lowest BCUT2D eigenvalue weighted by atomic mass is 10.1. The van der Waals surface area contributed by atoms with Crippen LogP contribution in [0.4, 0.5) is 0 Å². The molecule has 0 atom stereocenters. The number of rotatable bonds is 4. The average molecular weight is 308 g/mol. The third kappa shape index (κ3) is 3.23. The molecule has 0 bridgehead atoms. The Balaban J connectivity index is 1.83. The molecule has 1 aromatic heterocycles. The summed E-state index contributed by atoms with van der Waals surface area (Å²) in [7, 11) is 0. The van der Waals surface area contributed by atoms with Crippen LogP contribution in [0.1, 0.15) is 21.5 Å². The molecule has 0 spiro atoms. The van der Waals surface area contributed by atoms with Gasteiger partial charge in [-0.25, -0.2) is 0 Å². The lowest BCUT2D eigenvalue weighted by Crippen LogP contribution is -2.11. The maximum Gasteiger partial charge on any atom is 0.248 e. The van der Waals surface area contributed by atoms with Gasteiger partial charge in [-0.2, -0.15) is 0 Å². The summed E-state index contributed by atoms with van der Waals surface area (Å²) in [6, 6.07) is 14.1. The van der Waals surface area contributed by atoms with Crippen molar-refractivity contribution in [3.05, 3.63) is 75.6 Å². The molecule has 0 aliphatic carbocycles. The minimum absolute atomic E-state index is 0.119. The molecule has 5 heteroatoms. The van der Waals surface area contributed by atoms with E-state index in [9.17, 15) is 9.59 Å². The highest BCUT2D eigenvalue weighted by atomic mass is 16.5.